The Labute approximate surface area is 107 Å². The molecule has 0 spiro atoms. The van der Waals surface area contributed by atoms with Crippen LogP contribution in [-0.4, -0.2) is 10.9 Å². The maximum atomic E-state index is 8.99. The molecule has 17 heavy (non-hydrogen) atoms. The van der Waals surface area contributed by atoms with Crippen LogP contribution in [0.2, 0.25) is 5.02 Å². The summed E-state index contributed by atoms with van der Waals surface area (Å²) < 4.78 is 0. The lowest BCUT2D eigenvalue weighted by atomic mass is 9.87. The van der Waals surface area contributed by atoms with Crippen LogP contribution < -0.4 is 0 Å². The lowest BCUT2D eigenvalue weighted by Crippen LogP contribution is -2.18. The lowest BCUT2D eigenvalue weighted by molar-refractivity contribution is 0.314. The summed E-state index contributed by atoms with van der Waals surface area (Å²) in [5.41, 5.74) is 3.31. The fraction of sp³-hybridized carbons (Fsp3) is 0.357. The molecule has 1 aliphatic carbocycles. The van der Waals surface area contributed by atoms with Gasteiger partial charge in [0.25, 0.3) is 0 Å². The molecular formula is C14H16ClNO. The monoisotopic (exact) mass is 249 g/mol. The van der Waals surface area contributed by atoms with E-state index in [1.54, 1.807) is 0 Å². The van der Waals surface area contributed by atoms with Crippen molar-refractivity contribution in [3.8, 4) is 0 Å². The van der Waals surface area contributed by atoms with Gasteiger partial charge >= 0.3 is 0 Å². The number of aryl methyl sites for hydroxylation is 1. The highest BCUT2D eigenvalue weighted by molar-refractivity contribution is 6.30. The van der Waals surface area contributed by atoms with Crippen LogP contribution in [0.25, 0.3) is 0 Å². The fourth-order valence-electron chi connectivity index (χ4n) is 2.20. The largest absolute Gasteiger partial charge is 0.411 e. The van der Waals surface area contributed by atoms with E-state index in [0.717, 1.165) is 30.0 Å². The molecule has 0 fully saturated rings. The molecule has 0 bridgehead atoms. The first-order valence-corrected chi connectivity index (χ1v) is 6.21. The van der Waals surface area contributed by atoms with Crippen molar-refractivity contribution in [2.24, 2.45) is 11.1 Å². The zero-order chi connectivity index (χ0) is 12.3. The van der Waals surface area contributed by atoms with Gasteiger partial charge < -0.3 is 5.21 Å². The van der Waals surface area contributed by atoms with Gasteiger partial charge in [-0.25, -0.2) is 0 Å². The third-order valence-corrected chi connectivity index (χ3v) is 3.48. The van der Waals surface area contributed by atoms with Crippen LogP contribution in [0.3, 0.4) is 0 Å². The second kappa shape index (κ2) is 5.37. The van der Waals surface area contributed by atoms with Gasteiger partial charge in [-0.1, -0.05) is 35.0 Å². The van der Waals surface area contributed by atoms with E-state index in [1.165, 1.54) is 11.1 Å². The lowest BCUT2D eigenvalue weighted by Gasteiger charge is -2.19. The summed E-state index contributed by atoms with van der Waals surface area (Å²) in [6.45, 7) is 2.08. The molecule has 0 aliphatic heterocycles. The Kier molecular flexibility index (Phi) is 3.85. The molecule has 1 N–H and O–H groups in total. The second-order valence-electron chi connectivity index (χ2n) is 4.44. The summed E-state index contributed by atoms with van der Waals surface area (Å²) in [6.07, 6.45) is 6.93. The minimum atomic E-state index is 0.200. The average molecular weight is 250 g/mol. The molecule has 0 saturated heterocycles. The first kappa shape index (κ1) is 12.2. The van der Waals surface area contributed by atoms with E-state index >= 15 is 0 Å². The van der Waals surface area contributed by atoms with Crippen molar-refractivity contribution >= 4 is 17.3 Å². The summed E-state index contributed by atoms with van der Waals surface area (Å²) in [4.78, 5) is 0. The van der Waals surface area contributed by atoms with Gasteiger partial charge in [-0.15, -0.1) is 0 Å². The number of allylic oxidation sites excluding steroid dienone is 2. The zero-order valence-electron chi connectivity index (χ0n) is 9.86. The summed E-state index contributed by atoms with van der Waals surface area (Å²) in [7, 11) is 0. The molecule has 0 heterocycles. The SMILES string of the molecule is Cc1ccc(Cl)cc1CC1C=CCC/C1=N\O. The number of halogens is 1. The van der Waals surface area contributed by atoms with Crippen molar-refractivity contribution < 1.29 is 5.21 Å². The Morgan fingerprint density at radius 2 is 2.29 bits per heavy atom. The molecule has 0 radical (unpaired) electrons. The number of oxime groups is 1. The normalized spacial score (nSPS) is 22.0. The fourth-order valence-corrected chi connectivity index (χ4v) is 2.39. The minimum absolute atomic E-state index is 0.200. The molecule has 3 heteroatoms. The van der Waals surface area contributed by atoms with Crippen molar-refractivity contribution in [1.29, 1.82) is 0 Å². The van der Waals surface area contributed by atoms with Crippen LogP contribution in [0.5, 0.6) is 0 Å². The number of hydrogen-bond acceptors (Lipinski definition) is 2. The standard InChI is InChI=1S/C14H16ClNO/c1-10-6-7-13(15)9-12(10)8-11-4-2-3-5-14(11)16-17/h2,4,6-7,9,11,17H,3,5,8H2,1H3/b16-14+. The van der Waals surface area contributed by atoms with Gasteiger partial charge in [0.2, 0.25) is 0 Å². The van der Waals surface area contributed by atoms with Crippen molar-refractivity contribution in [3.05, 3.63) is 46.5 Å². The van der Waals surface area contributed by atoms with Crippen molar-refractivity contribution in [1.82, 2.24) is 0 Å². The molecule has 1 aliphatic rings. The topological polar surface area (TPSA) is 32.6 Å². The van der Waals surface area contributed by atoms with Crippen LogP contribution in [0.15, 0.2) is 35.5 Å². The van der Waals surface area contributed by atoms with Crippen molar-refractivity contribution in [3.63, 3.8) is 0 Å². The Hall–Kier alpha value is -1.28. The third-order valence-electron chi connectivity index (χ3n) is 3.24. The maximum Gasteiger partial charge on any atom is 0.0645 e. The van der Waals surface area contributed by atoms with E-state index in [0.29, 0.717) is 0 Å². The van der Waals surface area contributed by atoms with E-state index in [9.17, 15) is 0 Å². The highest BCUT2D eigenvalue weighted by Gasteiger charge is 2.18. The van der Waals surface area contributed by atoms with Crippen molar-refractivity contribution in [2.75, 3.05) is 0 Å². The number of rotatable bonds is 2. The van der Waals surface area contributed by atoms with Crippen LogP contribution >= 0.6 is 11.6 Å². The van der Waals surface area contributed by atoms with E-state index in [-0.39, 0.29) is 5.92 Å². The van der Waals surface area contributed by atoms with E-state index in [2.05, 4.69) is 24.2 Å². The molecular weight excluding hydrogens is 234 g/mol. The highest BCUT2D eigenvalue weighted by atomic mass is 35.5. The smallest absolute Gasteiger partial charge is 0.0645 e. The van der Waals surface area contributed by atoms with E-state index < -0.39 is 0 Å². The predicted molar refractivity (Wildman–Crippen MR) is 71.0 cm³/mol. The summed E-state index contributed by atoms with van der Waals surface area (Å²) in [5, 5.41) is 13.2. The Morgan fingerprint density at radius 3 is 3.06 bits per heavy atom. The summed E-state index contributed by atoms with van der Waals surface area (Å²) >= 11 is 6.01. The van der Waals surface area contributed by atoms with Gasteiger partial charge in [0.05, 0.1) is 5.71 Å². The molecule has 1 aromatic carbocycles. The minimum Gasteiger partial charge on any atom is -0.411 e. The molecule has 1 aromatic rings. The van der Waals surface area contributed by atoms with E-state index in [1.807, 2.05) is 18.2 Å². The van der Waals surface area contributed by atoms with Crippen LogP contribution in [0.4, 0.5) is 0 Å². The maximum absolute atomic E-state index is 8.99. The van der Waals surface area contributed by atoms with Gasteiger partial charge in [-0.3, -0.25) is 0 Å². The third kappa shape index (κ3) is 2.89. The predicted octanol–water partition coefficient (Wildman–Crippen LogP) is 3.99. The quantitative estimate of drug-likeness (QED) is 0.480. The van der Waals surface area contributed by atoms with Crippen LogP contribution in [0, 0.1) is 12.8 Å². The second-order valence-corrected chi connectivity index (χ2v) is 4.88. The first-order chi connectivity index (χ1) is 8.20. The van der Waals surface area contributed by atoms with Gasteiger partial charge in [-0.05, 0) is 49.4 Å². The Balaban J connectivity index is 2.22. The Bertz CT molecular complexity index is 465. The highest BCUT2D eigenvalue weighted by Crippen LogP contribution is 2.23. The molecule has 90 valence electrons. The average Bonchev–Trinajstić information content (AvgIpc) is 2.34. The van der Waals surface area contributed by atoms with Crippen LogP contribution in [-0.2, 0) is 6.42 Å². The number of nitrogens with zero attached hydrogens (tertiary/aromatic N) is 1. The molecule has 1 unspecified atom stereocenters. The van der Waals surface area contributed by atoms with Crippen molar-refractivity contribution in [2.45, 2.75) is 26.2 Å². The van der Waals surface area contributed by atoms with Crippen LogP contribution in [0.1, 0.15) is 24.0 Å². The van der Waals surface area contributed by atoms with Gasteiger partial charge in [0.15, 0.2) is 0 Å². The Morgan fingerprint density at radius 1 is 1.47 bits per heavy atom. The van der Waals surface area contributed by atoms with E-state index in [4.69, 9.17) is 16.8 Å². The number of hydrogen-bond donors (Lipinski definition) is 1. The van der Waals surface area contributed by atoms with Gasteiger partial charge in [0.1, 0.15) is 0 Å². The molecule has 0 amide bonds. The van der Waals surface area contributed by atoms with Gasteiger partial charge in [0, 0.05) is 10.9 Å². The molecule has 2 nitrogen and oxygen atoms in total. The summed E-state index contributed by atoms with van der Waals surface area (Å²) in [5.74, 6) is 0.200. The molecule has 0 saturated carbocycles. The zero-order valence-corrected chi connectivity index (χ0v) is 10.6. The first-order valence-electron chi connectivity index (χ1n) is 5.83. The molecule has 2 rings (SSSR count). The number of benzene rings is 1. The molecule has 1 atom stereocenters. The van der Waals surface area contributed by atoms with Gasteiger partial charge in [-0.2, -0.15) is 0 Å². The molecule has 0 aromatic heterocycles. The summed E-state index contributed by atoms with van der Waals surface area (Å²) in [6, 6.07) is 5.92.